The molecule has 0 saturated heterocycles. The van der Waals surface area contributed by atoms with E-state index in [4.69, 9.17) is 9.47 Å². The molecule has 1 aromatic rings. The van der Waals surface area contributed by atoms with Crippen molar-refractivity contribution in [1.29, 1.82) is 0 Å². The predicted octanol–water partition coefficient (Wildman–Crippen LogP) is 2.82. The van der Waals surface area contributed by atoms with E-state index in [-0.39, 0.29) is 5.97 Å². The van der Waals surface area contributed by atoms with Gasteiger partial charge in [0.25, 0.3) is 0 Å². The third kappa shape index (κ3) is 3.77. The largest absolute Gasteiger partial charge is 0.493 e. The molecular formula is C13H16O3. The number of carbonyl (C=O) groups excluding carboxylic acids is 1. The van der Waals surface area contributed by atoms with Crippen LogP contribution in [0.4, 0.5) is 0 Å². The molecule has 0 aliphatic heterocycles. The lowest BCUT2D eigenvalue weighted by Gasteiger charge is -2.06. The van der Waals surface area contributed by atoms with E-state index in [1.165, 1.54) is 0 Å². The highest BCUT2D eigenvalue weighted by atomic mass is 16.5. The van der Waals surface area contributed by atoms with Crippen molar-refractivity contribution in [2.75, 3.05) is 13.2 Å². The first kappa shape index (κ1) is 12.3. The Bertz CT molecular complexity index is 358. The molecule has 0 amide bonds. The van der Waals surface area contributed by atoms with Crippen LogP contribution in [0.1, 0.15) is 23.7 Å². The number of hydrogen-bond acceptors (Lipinski definition) is 3. The number of carbonyl (C=O) groups is 1. The molecule has 16 heavy (non-hydrogen) atoms. The van der Waals surface area contributed by atoms with Crippen molar-refractivity contribution in [3.05, 3.63) is 42.5 Å². The maximum absolute atomic E-state index is 11.4. The average molecular weight is 220 g/mol. The summed E-state index contributed by atoms with van der Waals surface area (Å²) in [5.41, 5.74) is 0.512. The zero-order valence-corrected chi connectivity index (χ0v) is 9.44. The smallest absolute Gasteiger partial charge is 0.338 e. The highest BCUT2D eigenvalue weighted by Crippen LogP contribution is 2.14. The molecule has 0 atom stereocenters. The molecule has 0 aliphatic carbocycles. The van der Waals surface area contributed by atoms with Crippen molar-refractivity contribution in [3.63, 3.8) is 0 Å². The molecule has 0 heterocycles. The number of benzene rings is 1. The van der Waals surface area contributed by atoms with Gasteiger partial charge >= 0.3 is 5.97 Å². The SMILES string of the molecule is C=CCCOc1cccc(C(=O)OCC)c1. The van der Waals surface area contributed by atoms with Gasteiger partial charge in [0.15, 0.2) is 0 Å². The Kier molecular flexibility index (Phi) is 5.12. The Morgan fingerprint density at radius 1 is 1.50 bits per heavy atom. The summed E-state index contributed by atoms with van der Waals surface area (Å²) in [6.07, 6.45) is 2.57. The number of rotatable bonds is 6. The lowest BCUT2D eigenvalue weighted by molar-refractivity contribution is 0.0526. The number of ether oxygens (including phenoxy) is 2. The lowest BCUT2D eigenvalue weighted by Crippen LogP contribution is -2.05. The average Bonchev–Trinajstić information content (AvgIpc) is 2.30. The molecule has 0 N–H and O–H groups in total. The van der Waals surface area contributed by atoms with Crippen LogP contribution < -0.4 is 4.74 Å². The van der Waals surface area contributed by atoms with Crippen molar-refractivity contribution in [2.24, 2.45) is 0 Å². The maximum atomic E-state index is 11.4. The van der Waals surface area contributed by atoms with Crippen molar-refractivity contribution < 1.29 is 14.3 Å². The van der Waals surface area contributed by atoms with Gasteiger partial charge in [-0.25, -0.2) is 4.79 Å². The van der Waals surface area contributed by atoms with E-state index < -0.39 is 0 Å². The molecule has 0 radical (unpaired) electrons. The molecule has 0 bridgehead atoms. The molecule has 0 saturated carbocycles. The van der Waals surface area contributed by atoms with Crippen LogP contribution in [0.2, 0.25) is 0 Å². The second-order valence-electron chi connectivity index (χ2n) is 3.17. The Labute approximate surface area is 95.7 Å². The molecular weight excluding hydrogens is 204 g/mol. The van der Waals surface area contributed by atoms with Crippen molar-refractivity contribution in [1.82, 2.24) is 0 Å². The minimum Gasteiger partial charge on any atom is -0.493 e. The van der Waals surface area contributed by atoms with E-state index in [0.717, 1.165) is 6.42 Å². The molecule has 0 spiro atoms. The van der Waals surface area contributed by atoms with Crippen LogP contribution in [0, 0.1) is 0 Å². The summed E-state index contributed by atoms with van der Waals surface area (Å²) in [4.78, 5) is 11.4. The van der Waals surface area contributed by atoms with Crippen LogP contribution in [-0.4, -0.2) is 19.2 Å². The summed E-state index contributed by atoms with van der Waals surface area (Å²) >= 11 is 0. The van der Waals surface area contributed by atoms with Gasteiger partial charge in [0, 0.05) is 0 Å². The summed E-state index contributed by atoms with van der Waals surface area (Å²) in [5, 5.41) is 0. The van der Waals surface area contributed by atoms with Gasteiger partial charge in [-0.3, -0.25) is 0 Å². The normalized spacial score (nSPS) is 9.56. The van der Waals surface area contributed by atoms with Gasteiger partial charge in [-0.1, -0.05) is 12.1 Å². The molecule has 1 aromatic carbocycles. The van der Waals surface area contributed by atoms with Gasteiger partial charge in [-0.15, -0.1) is 6.58 Å². The first-order valence-corrected chi connectivity index (χ1v) is 5.28. The van der Waals surface area contributed by atoms with Gasteiger partial charge in [0.05, 0.1) is 18.8 Å². The first-order chi connectivity index (χ1) is 7.77. The molecule has 86 valence electrons. The molecule has 3 heteroatoms. The maximum Gasteiger partial charge on any atom is 0.338 e. The summed E-state index contributed by atoms with van der Waals surface area (Å²) in [6, 6.07) is 6.97. The van der Waals surface area contributed by atoms with Gasteiger partial charge < -0.3 is 9.47 Å². The van der Waals surface area contributed by atoms with Gasteiger partial charge in [0.2, 0.25) is 0 Å². The standard InChI is InChI=1S/C13H16O3/c1-3-5-9-16-12-8-6-7-11(10-12)13(14)15-4-2/h3,6-8,10H,1,4-5,9H2,2H3. The van der Waals surface area contributed by atoms with Crippen LogP contribution in [0.3, 0.4) is 0 Å². The van der Waals surface area contributed by atoms with Crippen LogP contribution in [0.25, 0.3) is 0 Å². The van der Waals surface area contributed by atoms with E-state index >= 15 is 0 Å². The Hall–Kier alpha value is -1.77. The summed E-state index contributed by atoms with van der Waals surface area (Å²) in [6.45, 7) is 6.33. The highest BCUT2D eigenvalue weighted by molar-refractivity contribution is 5.89. The van der Waals surface area contributed by atoms with Crippen molar-refractivity contribution in [2.45, 2.75) is 13.3 Å². The monoisotopic (exact) mass is 220 g/mol. The molecule has 0 aromatic heterocycles. The topological polar surface area (TPSA) is 35.5 Å². The molecule has 1 rings (SSSR count). The fraction of sp³-hybridized carbons (Fsp3) is 0.308. The fourth-order valence-corrected chi connectivity index (χ4v) is 1.19. The van der Waals surface area contributed by atoms with Crippen LogP contribution in [-0.2, 0) is 4.74 Å². The van der Waals surface area contributed by atoms with E-state index in [1.54, 1.807) is 31.2 Å². The summed E-state index contributed by atoms with van der Waals surface area (Å²) < 4.78 is 10.3. The molecule has 0 unspecified atom stereocenters. The van der Waals surface area contributed by atoms with Crippen LogP contribution in [0.15, 0.2) is 36.9 Å². The summed E-state index contributed by atoms with van der Waals surface area (Å²) in [5.74, 6) is 0.351. The van der Waals surface area contributed by atoms with Gasteiger partial charge in [-0.05, 0) is 31.5 Å². The highest BCUT2D eigenvalue weighted by Gasteiger charge is 2.06. The van der Waals surface area contributed by atoms with E-state index in [9.17, 15) is 4.79 Å². The van der Waals surface area contributed by atoms with Crippen LogP contribution >= 0.6 is 0 Å². The lowest BCUT2D eigenvalue weighted by atomic mass is 10.2. The van der Waals surface area contributed by atoms with Crippen LogP contribution in [0.5, 0.6) is 5.75 Å². The zero-order valence-electron chi connectivity index (χ0n) is 9.44. The second-order valence-corrected chi connectivity index (χ2v) is 3.17. The van der Waals surface area contributed by atoms with E-state index in [0.29, 0.717) is 24.5 Å². The van der Waals surface area contributed by atoms with E-state index in [2.05, 4.69) is 6.58 Å². The quantitative estimate of drug-likeness (QED) is 0.420. The molecule has 0 fully saturated rings. The predicted molar refractivity (Wildman–Crippen MR) is 62.7 cm³/mol. The van der Waals surface area contributed by atoms with Crippen molar-refractivity contribution in [3.8, 4) is 5.75 Å². The van der Waals surface area contributed by atoms with Gasteiger partial charge in [0.1, 0.15) is 5.75 Å². The Morgan fingerprint density at radius 2 is 2.31 bits per heavy atom. The Balaban J connectivity index is 2.63. The third-order valence-electron chi connectivity index (χ3n) is 1.94. The van der Waals surface area contributed by atoms with Crippen molar-refractivity contribution >= 4 is 5.97 Å². The fourth-order valence-electron chi connectivity index (χ4n) is 1.19. The van der Waals surface area contributed by atoms with E-state index in [1.807, 2.05) is 6.07 Å². The minimum absolute atomic E-state index is 0.323. The molecule has 0 aliphatic rings. The number of esters is 1. The second kappa shape index (κ2) is 6.67. The minimum atomic E-state index is -0.323. The number of hydrogen-bond donors (Lipinski definition) is 0. The summed E-state index contributed by atoms with van der Waals surface area (Å²) in [7, 11) is 0. The third-order valence-corrected chi connectivity index (χ3v) is 1.94. The zero-order chi connectivity index (χ0) is 11.8. The first-order valence-electron chi connectivity index (χ1n) is 5.28. The molecule has 3 nitrogen and oxygen atoms in total. The Morgan fingerprint density at radius 3 is 3.00 bits per heavy atom. The van der Waals surface area contributed by atoms with Gasteiger partial charge in [-0.2, -0.15) is 0 Å².